The Morgan fingerprint density at radius 1 is 1.00 bits per heavy atom. The summed E-state index contributed by atoms with van der Waals surface area (Å²) in [5.74, 6) is 0.588. The van der Waals surface area contributed by atoms with E-state index in [0.717, 1.165) is 15.7 Å². The summed E-state index contributed by atoms with van der Waals surface area (Å²) < 4.78 is 26.2. The largest absolute Gasteiger partial charge is 0.490 e. The van der Waals surface area contributed by atoms with Crippen LogP contribution in [-0.2, 0) is 13.2 Å². The normalized spacial score (nSPS) is 10.7. The van der Waals surface area contributed by atoms with Gasteiger partial charge in [-0.05, 0) is 64.8 Å². The highest BCUT2D eigenvalue weighted by molar-refractivity contribution is 9.10. The van der Waals surface area contributed by atoms with E-state index in [1.165, 1.54) is 6.07 Å². The zero-order valence-electron chi connectivity index (χ0n) is 15.6. The number of hydrogen-bond donors (Lipinski definition) is 1. The van der Waals surface area contributed by atoms with Crippen molar-refractivity contribution in [3.05, 3.63) is 86.1 Å². The number of rotatable bonds is 8. The Hall–Kier alpha value is -1.95. The van der Waals surface area contributed by atoms with Crippen molar-refractivity contribution < 1.29 is 13.9 Å². The van der Waals surface area contributed by atoms with Crippen LogP contribution in [0.1, 0.15) is 18.1 Å². The summed E-state index contributed by atoms with van der Waals surface area (Å²) in [5, 5.41) is 4.33. The predicted octanol–water partition coefficient (Wildman–Crippen LogP) is 7.48. The number of hydrogen-bond acceptors (Lipinski definition) is 3. The molecule has 3 rings (SSSR count). The smallest absolute Gasteiger partial charge is 0.180 e. The van der Waals surface area contributed by atoms with Gasteiger partial charge < -0.3 is 14.8 Å². The minimum absolute atomic E-state index is 0.0570. The van der Waals surface area contributed by atoms with E-state index in [1.807, 2.05) is 31.2 Å². The maximum atomic E-state index is 13.9. The first-order valence-corrected chi connectivity index (χ1v) is 10.5. The van der Waals surface area contributed by atoms with Crippen LogP contribution >= 0.6 is 39.1 Å². The van der Waals surface area contributed by atoms with Crippen molar-refractivity contribution in [2.45, 2.75) is 20.1 Å². The van der Waals surface area contributed by atoms with Crippen molar-refractivity contribution in [1.29, 1.82) is 0 Å². The van der Waals surface area contributed by atoms with E-state index in [2.05, 4.69) is 21.2 Å². The SMILES string of the molecule is CCOc1cc(CNc2ccc(Br)c(Cl)c2)cc(Cl)c1OCc1ccccc1F. The van der Waals surface area contributed by atoms with Crippen LogP contribution in [-0.4, -0.2) is 6.61 Å². The van der Waals surface area contributed by atoms with Gasteiger partial charge in [0.05, 0.1) is 16.7 Å². The third kappa shape index (κ3) is 5.78. The lowest BCUT2D eigenvalue weighted by molar-refractivity contribution is 0.266. The molecule has 152 valence electrons. The van der Waals surface area contributed by atoms with Gasteiger partial charge in [0, 0.05) is 22.3 Å². The highest BCUT2D eigenvalue weighted by Gasteiger charge is 2.14. The van der Waals surface area contributed by atoms with Crippen molar-refractivity contribution in [3.8, 4) is 11.5 Å². The second-order valence-electron chi connectivity index (χ2n) is 6.20. The molecule has 0 aliphatic heterocycles. The van der Waals surface area contributed by atoms with E-state index in [1.54, 1.807) is 24.3 Å². The first kappa shape index (κ1) is 21.8. The van der Waals surface area contributed by atoms with Gasteiger partial charge in [-0.2, -0.15) is 0 Å². The fourth-order valence-corrected chi connectivity index (χ4v) is 3.42. The van der Waals surface area contributed by atoms with Gasteiger partial charge in [0.1, 0.15) is 12.4 Å². The van der Waals surface area contributed by atoms with Gasteiger partial charge in [0.2, 0.25) is 0 Å². The lowest BCUT2D eigenvalue weighted by Crippen LogP contribution is -2.04. The van der Waals surface area contributed by atoms with Crippen LogP contribution in [0.15, 0.2) is 59.1 Å². The molecule has 3 aromatic rings. The average molecular weight is 499 g/mol. The molecule has 29 heavy (non-hydrogen) atoms. The molecule has 0 radical (unpaired) electrons. The molecule has 0 aromatic heterocycles. The Kier molecular flexibility index (Phi) is 7.64. The minimum atomic E-state index is -0.324. The Bertz CT molecular complexity index is 1000. The molecule has 3 aromatic carbocycles. The van der Waals surface area contributed by atoms with Crippen molar-refractivity contribution in [2.75, 3.05) is 11.9 Å². The predicted molar refractivity (Wildman–Crippen MR) is 120 cm³/mol. The van der Waals surface area contributed by atoms with Crippen molar-refractivity contribution in [1.82, 2.24) is 0 Å². The Labute approximate surface area is 187 Å². The third-order valence-electron chi connectivity index (χ3n) is 4.12. The zero-order chi connectivity index (χ0) is 20.8. The molecule has 0 aliphatic carbocycles. The number of ether oxygens (including phenoxy) is 2. The Morgan fingerprint density at radius 3 is 2.52 bits per heavy atom. The van der Waals surface area contributed by atoms with Crippen LogP contribution in [0.2, 0.25) is 10.0 Å². The molecule has 0 bridgehead atoms. The summed E-state index contributed by atoms with van der Waals surface area (Å²) in [6.45, 7) is 2.90. The summed E-state index contributed by atoms with van der Waals surface area (Å²) >= 11 is 16.0. The molecular formula is C22H19BrCl2FNO2. The number of anilines is 1. The van der Waals surface area contributed by atoms with E-state index < -0.39 is 0 Å². The summed E-state index contributed by atoms with van der Waals surface area (Å²) in [4.78, 5) is 0. The van der Waals surface area contributed by atoms with E-state index in [9.17, 15) is 4.39 Å². The average Bonchev–Trinajstić information content (AvgIpc) is 2.70. The molecule has 0 spiro atoms. The summed E-state index contributed by atoms with van der Waals surface area (Å²) in [7, 11) is 0. The van der Waals surface area contributed by atoms with Gasteiger partial charge in [-0.1, -0.05) is 41.4 Å². The van der Waals surface area contributed by atoms with Gasteiger partial charge in [-0.3, -0.25) is 0 Å². The Balaban J connectivity index is 1.76. The first-order chi connectivity index (χ1) is 14.0. The molecule has 3 nitrogen and oxygen atoms in total. The van der Waals surface area contributed by atoms with E-state index in [4.69, 9.17) is 32.7 Å². The van der Waals surface area contributed by atoms with E-state index in [-0.39, 0.29) is 12.4 Å². The molecule has 0 aliphatic rings. The van der Waals surface area contributed by atoms with Gasteiger partial charge in [-0.15, -0.1) is 0 Å². The van der Waals surface area contributed by atoms with Crippen LogP contribution in [0.25, 0.3) is 0 Å². The number of nitrogens with one attached hydrogen (secondary N) is 1. The molecule has 0 unspecified atom stereocenters. The fourth-order valence-electron chi connectivity index (χ4n) is 2.70. The summed E-state index contributed by atoms with van der Waals surface area (Å²) in [5.41, 5.74) is 2.24. The van der Waals surface area contributed by atoms with Crippen molar-refractivity contribution in [3.63, 3.8) is 0 Å². The van der Waals surface area contributed by atoms with Crippen LogP contribution in [0, 0.1) is 5.82 Å². The van der Waals surface area contributed by atoms with Crippen LogP contribution in [0.4, 0.5) is 10.1 Å². The molecule has 0 atom stereocenters. The minimum Gasteiger partial charge on any atom is -0.490 e. The van der Waals surface area contributed by atoms with Crippen molar-refractivity contribution in [2.24, 2.45) is 0 Å². The fraction of sp³-hybridized carbons (Fsp3) is 0.182. The lowest BCUT2D eigenvalue weighted by atomic mass is 10.2. The molecule has 1 N–H and O–H groups in total. The summed E-state index contributed by atoms with van der Waals surface area (Å²) in [6, 6.07) is 15.8. The second kappa shape index (κ2) is 10.2. The maximum Gasteiger partial charge on any atom is 0.180 e. The molecule has 0 amide bonds. The standard InChI is InChI=1S/C22H19BrCl2FNO2/c1-2-28-21-10-14(12-27-16-7-8-17(23)18(24)11-16)9-19(25)22(21)29-13-15-5-3-4-6-20(15)26/h3-11,27H,2,12-13H2,1H3. The van der Waals surface area contributed by atoms with Crippen molar-refractivity contribution >= 4 is 44.8 Å². The summed E-state index contributed by atoms with van der Waals surface area (Å²) in [6.07, 6.45) is 0. The molecular weight excluding hydrogens is 480 g/mol. The van der Waals surface area contributed by atoms with Crippen LogP contribution < -0.4 is 14.8 Å². The van der Waals surface area contributed by atoms with Gasteiger partial charge >= 0.3 is 0 Å². The highest BCUT2D eigenvalue weighted by atomic mass is 79.9. The number of benzene rings is 3. The topological polar surface area (TPSA) is 30.5 Å². The monoisotopic (exact) mass is 497 g/mol. The molecule has 7 heteroatoms. The van der Waals surface area contributed by atoms with E-state index in [0.29, 0.717) is 40.3 Å². The van der Waals surface area contributed by atoms with Crippen LogP contribution in [0.3, 0.4) is 0 Å². The highest BCUT2D eigenvalue weighted by Crippen LogP contribution is 2.37. The van der Waals surface area contributed by atoms with Crippen LogP contribution in [0.5, 0.6) is 11.5 Å². The quantitative estimate of drug-likeness (QED) is 0.349. The Morgan fingerprint density at radius 2 is 1.79 bits per heavy atom. The third-order valence-corrected chi connectivity index (χ3v) is 5.63. The molecule has 0 saturated heterocycles. The van der Waals surface area contributed by atoms with Gasteiger partial charge in [0.25, 0.3) is 0 Å². The molecule has 0 heterocycles. The second-order valence-corrected chi connectivity index (χ2v) is 7.87. The first-order valence-electron chi connectivity index (χ1n) is 8.98. The van der Waals surface area contributed by atoms with Gasteiger partial charge in [-0.25, -0.2) is 4.39 Å². The number of halogens is 4. The molecule has 0 saturated carbocycles. The van der Waals surface area contributed by atoms with Gasteiger partial charge in [0.15, 0.2) is 11.5 Å². The molecule has 0 fully saturated rings. The van der Waals surface area contributed by atoms with E-state index >= 15 is 0 Å². The maximum absolute atomic E-state index is 13.9. The zero-order valence-corrected chi connectivity index (χ0v) is 18.7. The lowest BCUT2D eigenvalue weighted by Gasteiger charge is -2.16.